The molecule has 1 saturated carbocycles. The monoisotopic (exact) mass is 398 g/mol. The molecule has 0 aliphatic heterocycles. The number of hydrogen-bond acceptors (Lipinski definition) is 1. The maximum Gasteiger partial charge on any atom is 0.416 e. The van der Waals surface area contributed by atoms with Gasteiger partial charge in [-0.15, -0.1) is 0 Å². The Morgan fingerprint density at radius 2 is 1.52 bits per heavy atom. The number of alkyl halides is 3. The van der Waals surface area contributed by atoms with Crippen LogP contribution in [0.2, 0.25) is 0 Å². The minimum absolute atomic E-state index is 0.00103. The summed E-state index contributed by atoms with van der Waals surface area (Å²) >= 11 is 0. The third-order valence-electron chi connectivity index (χ3n) is 5.14. The van der Waals surface area contributed by atoms with Gasteiger partial charge in [-0.05, 0) is 60.4 Å². The van der Waals surface area contributed by atoms with Gasteiger partial charge in [0, 0.05) is 30.7 Å². The summed E-state index contributed by atoms with van der Waals surface area (Å²) < 4.78 is 40.2. The van der Waals surface area contributed by atoms with Crippen molar-refractivity contribution in [3.8, 4) is 5.69 Å². The standard InChI is InChI=1S/C23H21F3N2O/c24-23(25,26)19-7-3-18(4-8-19)16-28(21-11-12-21)22(29)15-17-5-9-20(10-6-17)27-13-1-2-14-27/h1-10,13-14,21H,11-12,15-16H2. The van der Waals surface area contributed by atoms with Gasteiger partial charge in [0.15, 0.2) is 0 Å². The van der Waals surface area contributed by atoms with Crippen LogP contribution in [0.15, 0.2) is 73.1 Å². The molecule has 1 heterocycles. The van der Waals surface area contributed by atoms with Gasteiger partial charge in [0.05, 0.1) is 12.0 Å². The Kier molecular flexibility index (Phi) is 5.18. The molecule has 6 heteroatoms. The molecule has 1 amide bonds. The normalized spacial score (nSPS) is 14.0. The average Bonchev–Trinajstić information content (AvgIpc) is 3.39. The second-order valence-corrected chi connectivity index (χ2v) is 7.38. The third-order valence-corrected chi connectivity index (χ3v) is 5.14. The summed E-state index contributed by atoms with van der Waals surface area (Å²) in [7, 11) is 0. The van der Waals surface area contributed by atoms with Gasteiger partial charge in [-0.1, -0.05) is 24.3 Å². The Hall–Kier alpha value is -3.02. The van der Waals surface area contributed by atoms with Crippen molar-refractivity contribution in [2.45, 2.75) is 38.0 Å². The number of benzene rings is 2. The van der Waals surface area contributed by atoms with Crippen molar-refractivity contribution in [3.05, 3.63) is 89.7 Å². The Labute approximate surface area is 167 Å². The van der Waals surface area contributed by atoms with Gasteiger partial charge in [0.25, 0.3) is 0 Å². The van der Waals surface area contributed by atoms with Crippen molar-refractivity contribution in [2.75, 3.05) is 0 Å². The summed E-state index contributed by atoms with van der Waals surface area (Å²) in [4.78, 5) is 14.7. The number of carbonyl (C=O) groups excluding carboxylic acids is 1. The van der Waals surface area contributed by atoms with Gasteiger partial charge < -0.3 is 9.47 Å². The summed E-state index contributed by atoms with van der Waals surface area (Å²) in [5.74, 6) is 0.00103. The van der Waals surface area contributed by atoms with Crippen molar-refractivity contribution in [3.63, 3.8) is 0 Å². The fourth-order valence-corrected chi connectivity index (χ4v) is 3.37. The molecular formula is C23H21F3N2O. The van der Waals surface area contributed by atoms with E-state index >= 15 is 0 Å². The molecule has 0 spiro atoms. The first-order valence-corrected chi connectivity index (χ1v) is 9.58. The predicted molar refractivity (Wildman–Crippen MR) is 104 cm³/mol. The molecule has 0 N–H and O–H groups in total. The van der Waals surface area contributed by atoms with E-state index < -0.39 is 11.7 Å². The highest BCUT2D eigenvalue weighted by molar-refractivity contribution is 5.79. The van der Waals surface area contributed by atoms with Gasteiger partial charge >= 0.3 is 6.18 Å². The van der Waals surface area contributed by atoms with Crippen LogP contribution in [-0.4, -0.2) is 21.4 Å². The molecule has 1 aliphatic carbocycles. The molecule has 1 fully saturated rings. The Morgan fingerprint density at radius 1 is 0.931 bits per heavy atom. The van der Waals surface area contributed by atoms with Gasteiger partial charge in [0.1, 0.15) is 0 Å². The molecule has 150 valence electrons. The van der Waals surface area contributed by atoms with Crippen LogP contribution in [-0.2, 0) is 23.9 Å². The summed E-state index contributed by atoms with van der Waals surface area (Å²) in [6.45, 7) is 0.336. The van der Waals surface area contributed by atoms with E-state index in [2.05, 4.69) is 0 Å². The molecule has 0 saturated heterocycles. The fourth-order valence-electron chi connectivity index (χ4n) is 3.37. The summed E-state index contributed by atoms with van der Waals surface area (Å²) in [6, 6.07) is 17.0. The van der Waals surface area contributed by atoms with E-state index in [4.69, 9.17) is 0 Å². The largest absolute Gasteiger partial charge is 0.416 e. The third kappa shape index (κ3) is 4.70. The quantitative estimate of drug-likeness (QED) is 0.558. The van der Waals surface area contributed by atoms with Crippen molar-refractivity contribution in [1.29, 1.82) is 0 Å². The highest BCUT2D eigenvalue weighted by atomic mass is 19.4. The van der Waals surface area contributed by atoms with E-state index in [1.807, 2.05) is 53.4 Å². The van der Waals surface area contributed by atoms with Crippen LogP contribution >= 0.6 is 0 Å². The number of nitrogens with zero attached hydrogens (tertiary/aromatic N) is 2. The molecular weight excluding hydrogens is 377 g/mol. The highest BCUT2D eigenvalue weighted by Gasteiger charge is 2.33. The molecule has 1 aliphatic rings. The first-order chi connectivity index (χ1) is 13.9. The van der Waals surface area contributed by atoms with Gasteiger partial charge in [-0.2, -0.15) is 13.2 Å². The smallest absolute Gasteiger partial charge is 0.335 e. The average molecular weight is 398 g/mol. The minimum Gasteiger partial charge on any atom is -0.335 e. The second kappa shape index (κ2) is 7.78. The van der Waals surface area contributed by atoms with E-state index in [0.29, 0.717) is 12.1 Å². The first kappa shape index (κ1) is 19.3. The Morgan fingerprint density at radius 3 is 2.07 bits per heavy atom. The van der Waals surface area contributed by atoms with Crippen LogP contribution in [0.3, 0.4) is 0 Å². The maximum atomic E-state index is 12.9. The molecule has 3 nitrogen and oxygen atoms in total. The Balaban J connectivity index is 1.43. The topological polar surface area (TPSA) is 25.2 Å². The van der Waals surface area contributed by atoms with Crippen molar-refractivity contribution in [1.82, 2.24) is 9.47 Å². The van der Waals surface area contributed by atoms with E-state index in [-0.39, 0.29) is 18.4 Å². The zero-order chi connectivity index (χ0) is 20.4. The highest BCUT2D eigenvalue weighted by Crippen LogP contribution is 2.31. The summed E-state index contributed by atoms with van der Waals surface area (Å²) in [5, 5.41) is 0. The SMILES string of the molecule is O=C(Cc1ccc(-n2cccc2)cc1)N(Cc1ccc(C(F)(F)F)cc1)C1CC1. The van der Waals surface area contributed by atoms with Crippen LogP contribution in [0.1, 0.15) is 29.5 Å². The van der Waals surface area contributed by atoms with Crippen molar-refractivity contribution >= 4 is 5.91 Å². The van der Waals surface area contributed by atoms with Crippen LogP contribution in [0.4, 0.5) is 13.2 Å². The number of rotatable bonds is 6. The number of carbonyl (C=O) groups is 1. The second-order valence-electron chi connectivity index (χ2n) is 7.38. The minimum atomic E-state index is -4.35. The van der Waals surface area contributed by atoms with Crippen LogP contribution < -0.4 is 0 Å². The van der Waals surface area contributed by atoms with Crippen LogP contribution in [0, 0.1) is 0 Å². The van der Waals surface area contributed by atoms with Crippen molar-refractivity contribution < 1.29 is 18.0 Å². The number of aromatic nitrogens is 1. The number of hydrogen-bond donors (Lipinski definition) is 0. The lowest BCUT2D eigenvalue weighted by atomic mass is 10.1. The van der Waals surface area contributed by atoms with Gasteiger partial charge in [-0.3, -0.25) is 4.79 Å². The van der Waals surface area contributed by atoms with Gasteiger partial charge in [-0.25, -0.2) is 0 Å². The van der Waals surface area contributed by atoms with Crippen molar-refractivity contribution in [2.24, 2.45) is 0 Å². The zero-order valence-corrected chi connectivity index (χ0v) is 15.8. The molecule has 0 bridgehead atoms. The number of amides is 1. The molecule has 0 atom stereocenters. The molecule has 0 unspecified atom stereocenters. The molecule has 0 radical (unpaired) electrons. The van der Waals surface area contributed by atoms with Crippen LogP contribution in [0.5, 0.6) is 0 Å². The van der Waals surface area contributed by atoms with E-state index in [0.717, 1.165) is 36.2 Å². The zero-order valence-electron chi connectivity index (χ0n) is 15.8. The molecule has 1 aromatic heterocycles. The molecule has 4 rings (SSSR count). The predicted octanol–water partition coefficient (Wildman–Crippen LogP) is 5.23. The molecule has 2 aromatic carbocycles. The number of halogens is 3. The molecule has 3 aromatic rings. The maximum absolute atomic E-state index is 12.9. The van der Waals surface area contributed by atoms with Gasteiger partial charge in [0.2, 0.25) is 5.91 Å². The van der Waals surface area contributed by atoms with E-state index in [9.17, 15) is 18.0 Å². The lowest BCUT2D eigenvalue weighted by Gasteiger charge is -2.23. The molecule has 29 heavy (non-hydrogen) atoms. The lowest BCUT2D eigenvalue weighted by molar-refractivity contribution is -0.137. The lowest BCUT2D eigenvalue weighted by Crippen LogP contribution is -2.33. The Bertz CT molecular complexity index is 957. The summed E-state index contributed by atoms with van der Waals surface area (Å²) in [5.41, 5.74) is 1.98. The first-order valence-electron chi connectivity index (χ1n) is 9.58. The van der Waals surface area contributed by atoms with E-state index in [1.54, 1.807) is 4.90 Å². The van der Waals surface area contributed by atoms with Crippen LogP contribution in [0.25, 0.3) is 5.69 Å². The van der Waals surface area contributed by atoms with E-state index in [1.165, 1.54) is 12.1 Å². The summed E-state index contributed by atoms with van der Waals surface area (Å²) in [6.07, 6.45) is 1.73. The fraction of sp³-hybridized carbons (Fsp3) is 0.261.